The number of hydrogen-bond donors (Lipinski definition) is 1. The van der Waals surface area contributed by atoms with Crippen LogP contribution in [-0.2, 0) is 0 Å². The Morgan fingerprint density at radius 1 is 1.12 bits per heavy atom. The molecule has 0 fully saturated rings. The molecule has 0 aliphatic rings. The first-order valence-electron chi connectivity index (χ1n) is 4.95. The summed E-state index contributed by atoms with van der Waals surface area (Å²) in [5.41, 5.74) is 7.13. The molecule has 0 bridgehead atoms. The summed E-state index contributed by atoms with van der Waals surface area (Å²) < 4.78 is 14.3. The minimum absolute atomic E-state index is 0.312. The Morgan fingerprint density at radius 3 is 2.65 bits per heavy atom. The Bertz CT molecular complexity index is 674. The van der Waals surface area contributed by atoms with Crippen LogP contribution in [-0.4, -0.2) is 19.7 Å². The van der Waals surface area contributed by atoms with Gasteiger partial charge < -0.3 is 5.73 Å². The molecule has 5 nitrogen and oxygen atoms in total. The van der Waals surface area contributed by atoms with Crippen molar-refractivity contribution < 1.29 is 4.39 Å². The lowest BCUT2D eigenvalue weighted by Gasteiger charge is -2.01. The fourth-order valence-corrected chi connectivity index (χ4v) is 1.61. The van der Waals surface area contributed by atoms with E-state index in [0.29, 0.717) is 11.6 Å². The highest BCUT2D eigenvalue weighted by Gasteiger charge is 2.07. The molecule has 0 aliphatic heterocycles. The fraction of sp³-hybridized carbons (Fsp3) is 0. The van der Waals surface area contributed by atoms with Crippen LogP contribution >= 0.6 is 0 Å². The third-order valence-corrected chi connectivity index (χ3v) is 2.39. The monoisotopic (exact) mass is 229 g/mol. The summed E-state index contributed by atoms with van der Waals surface area (Å²) in [5.74, 6) is -0.170. The Hall–Kier alpha value is -2.50. The van der Waals surface area contributed by atoms with Crippen molar-refractivity contribution in [2.75, 3.05) is 5.73 Å². The maximum Gasteiger partial charge on any atom is 0.251 e. The van der Waals surface area contributed by atoms with Crippen molar-refractivity contribution in [1.29, 1.82) is 0 Å². The number of nitrogens with two attached hydrogens (primary N) is 1. The summed E-state index contributed by atoms with van der Waals surface area (Å²) in [6.45, 7) is 0. The lowest BCUT2D eigenvalue weighted by Crippen LogP contribution is -2.02. The van der Waals surface area contributed by atoms with E-state index in [0.717, 1.165) is 23.3 Å². The first-order chi connectivity index (χ1) is 8.24. The fourth-order valence-electron chi connectivity index (χ4n) is 1.61. The van der Waals surface area contributed by atoms with E-state index in [2.05, 4.69) is 15.1 Å². The summed E-state index contributed by atoms with van der Waals surface area (Å²) in [6.07, 6.45) is 3.88. The topological polar surface area (TPSA) is 69.6 Å². The van der Waals surface area contributed by atoms with Crippen LogP contribution in [0.15, 0.2) is 36.8 Å². The maximum atomic E-state index is 12.7. The molecule has 2 aromatic heterocycles. The van der Waals surface area contributed by atoms with Crippen molar-refractivity contribution in [2.24, 2.45) is 0 Å². The van der Waals surface area contributed by atoms with Crippen LogP contribution < -0.4 is 5.73 Å². The van der Waals surface area contributed by atoms with Crippen LogP contribution in [0.3, 0.4) is 0 Å². The predicted octanol–water partition coefficient (Wildman–Crippen LogP) is 1.54. The van der Waals surface area contributed by atoms with Crippen molar-refractivity contribution in [3.8, 4) is 5.95 Å². The highest BCUT2D eigenvalue weighted by Crippen LogP contribution is 2.18. The summed E-state index contributed by atoms with van der Waals surface area (Å²) in [6, 6.07) is 5.42. The smallest absolute Gasteiger partial charge is 0.251 e. The molecule has 0 aliphatic carbocycles. The number of nitrogen functional groups attached to an aromatic ring is 1. The molecule has 0 radical (unpaired) electrons. The summed E-state index contributed by atoms with van der Waals surface area (Å²) >= 11 is 0. The molecule has 17 heavy (non-hydrogen) atoms. The van der Waals surface area contributed by atoms with Gasteiger partial charge in [-0.15, -0.1) is 0 Å². The zero-order chi connectivity index (χ0) is 11.8. The van der Waals surface area contributed by atoms with Gasteiger partial charge in [-0.25, -0.2) is 14.4 Å². The highest BCUT2D eigenvalue weighted by molar-refractivity contribution is 5.82. The van der Waals surface area contributed by atoms with Crippen LogP contribution in [0.4, 0.5) is 10.1 Å². The van der Waals surface area contributed by atoms with Gasteiger partial charge in [0, 0.05) is 11.1 Å². The van der Waals surface area contributed by atoms with Gasteiger partial charge in [-0.05, 0) is 18.2 Å². The van der Waals surface area contributed by atoms with Crippen LogP contribution in [0.2, 0.25) is 0 Å². The van der Waals surface area contributed by atoms with E-state index in [1.165, 1.54) is 4.68 Å². The second-order valence-corrected chi connectivity index (χ2v) is 3.58. The molecule has 6 heteroatoms. The highest BCUT2D eigenvalue weighted by atomic mass is 19.1. The number of fused-ring (bicyclic) bond motifs is 1. The standard InChI is InChI=1S/C11H8FN5/c12-8-5-14-11(15-6-8)17-10-3-9(13)2-1-7(10)4-16-17/h1-6H,13H2. The second kappa shape index (κ2) is 3.51. The Morgan fingerprint density at radius 2 is 1.88 bits per heavy atom. The molecular formula is C11H8FN5. The van der Waals surface area contributed by atoms with E-state index in [9.17, 15) is 4.39 Å². The van der Waals surface area contributed by atoms with Gasteiger partial charge >= 0.3 is 0 Å². The molecule has 0 atom stereocenters. The number of aromatic nitrogens is 4. The Kier molecular flexibility index (Phi) is 2.01. The van der Waals surface area contributed by atoms with Crippen molar-refractivity contribution in [3.05, 3.63) is 42.6 Å². The molecule has 2 N–H and O–H groups in total. The van der Waals surface area contributed by atoms with Gasteiger partial charge in [0.2, 0.25) is 0 Å². The third kappa shape index (κ3) is 1.59. The van der Waals surface area contributed by atoms with Crippen LogP contribution in [0, 0.1) is 5.82 Å². The van der Waals surface area contributed by atoms with E-state index < -0.39 is 5.82 Å². The number of benzene rings is 1. The van der Waals surface area contributed by atoms with Gasteiger partial charge in [0.25, 0.3) is 5.95 Å². The summed E-state index contributed by atoms with van der Waals surface area (Å²) in [5, 5.41) is 5.07. The zero-order valence-electron chi connectivity index (χ0n) is 8.71. The molecule has 0 amide bonds. The van der Waals surface area contributed by atoms with Gasteiger partial charge in [-0.3, -0.25) is 0 Å². The van der Waals surface area contributed by atoms with Gasteiger partial charge in [0.1, 0.15) is 0 Å². The molecule has 0 unspecified atom stereocenters. The lowest BCUT2D eigenvalue weighted by atomic mass is 10.2. The molecule has 0 saturated carbocycles. The molecule has 1 aromatic carbocycles. The van der Waals surface area contributed by atoms with Crippen molar-refractivity contribution in [3.63, 3.8) is 0 Å². The van der Waals surface area contributed by atoms with Gasteiger partial charge in [-0.2, -0.15) is 9.78 Å². The van der Waals surface area contributed by atoms with E-state index in [1.54, 1.807) is 18.3 Å². The minimum atomic E-state index is -0.482. The van der Waals surface area contributed by atoms with E-state index >= 15 is 0 Å². The second-order valence-electron chi connectivity index (χ2n) is 3.58. The first-order valence-corrected chi connectivity index (χ1v) is 4.95. The van der Waals surface area contributed by atoms with Gasteiger partial charge in [0.05, 0.1) is 24.1 Å². The quantitative estimate of drug-likeness (QED) is 0.642. The number of nitrogens with zero attached hydrogens (tertiary/aromatic N) is 4. The summed E-state index contributed by atoms with van der Waals surface area (Å²) in [4.78, 5) is 7.75. The maximum absolute atomic E-state index is 12.7. The Labute approximate surface area is 95.7 Å². The van der Waals surface area contributed by atoms with Crippen LogP contribution in [0.1, 0.15) is 0 Å². The average molecular weight is 229 g/mol. The van der Waals surface area contributed by atoms with Crippen LogP contribution in [0.5, 0.6) is 0 Å². The Balaban J connectivity index is 2.23. The first kappa shape index (κ1) is 9.71. The normalized spacial score (nSPS) is 10.9. The minimum Gasteiger partial charge on any atom is -0.399 e. The number of hydrogen-bond acceptors (Lipinski definition) is 4. The lowest BCUT2D eigenvalue weighted by molar-refractivity contribution is 0.609. The number of rotatable bonds is 1. The van der Waals surface area contributed by atoms with Crippen molar-refractivity contribution in [1.82, 2.24) is 19.7 Å². The molecule has 84 valence electrons. The van der Waals surface area contributed by atoms with Crippen LogP contribution in [0.25, 0.3) is 16.9 Å². The molecule has 3 aromatic rings. The largest absolute Gasteiger partial charge is 0.399 e. The van der Waals surface area contributed by atoms with Crippen molar-refractivity contribution >= 4 is 16.6 Å². The number of anilines is 1. The zero-order valence-corrected chi connectivity index (χ0v) is 8.71. The van der Waals surface area contributed by atoms with Crippen molar-refractivity contribution in [2.45, 2.75) is 0 Å². The van der Waals surface area contributed by atoms with E-state index in [-0.39, 0.29) is 0 Å². The third-order valence-electron chi connectivity index (χ3n) is 2.39. The molecule has 0 saturated heterocycles. The van der Waals surface area contributed by atoms with E-state index in [1.807, 2.05) is 6.07 Å². The SMILES string of the molecule is Nc1ccc2cnn(-c3ncc(F)cn3)c2c1. The van der Waals surface area contributed by atoms with Gasteiger partial charge in [0.15, 0.2) is 5.82 Å². The molecule has 2 heterocycles. The predicted molar refractivity (Wildman–Crippen MR) is 61.0 cm³/mol. The molecule has 0 spiro atoms. The molecular weight excluding hydrogens is 221 g/mol. The summed E-state index contributed by atoms with van der Waals surface area (Å²) in [7, 11) is 0. The average Bonchev–Trinajstić information content (AvgIpc) is 2.73. The van der Waals surface area contributed by atoms with Gasteiger partial charge in [-0.1, -0.05) is 0 Å². The van der Waals surface area contributed by atoms with E-state index in [4.69, 9.17) is 5.73 Å². The molecule has 3 rings (SSSR count). The number of halogens is 1.